The molecule has 0 spiro atoms. The molecule has 0 aliphatic rings. The number of amides is 3. The minimum Gasteiger partial charge on any atom is -0.496 e. The van der Waals surface area contributed by atoms with Gasteiger partial charge in [0.25, 0.3) is 11.8 Å². The molecule has 0 bridgehead atoms. The average molecular weight is 750 g/mol. The maximum absolute atomic E-state index is 13.7. The minimum atomic E-state index is -0.591. The van der Waals surface area contributed by atoms with Crippen LogP contribution in [0.3, 0.4) is 0 Å². The summed E-state index contributed by atoms with van der Waals surface area (Å²) in [6, 6.07) is 23.9. The Balaban J connectivity index is 1.29. The van der Waals surface area contributed by atoms with E-state index in [1.54, 1.807) is 84.2 Å². The lowest BCUT2D eigenvalue weighted by molar-refractivity contribution is -0.114. The minimum absolute atomic E-state index is 0.0514. The van der Waals surface area contributed by atoms with Crippen molar-refractivity contribution in [2.75, 3.05) is 37.7 Å². The summed E-state index contributed by atoms with van der Waals surface area (Å²) >= 11 is 14.9. The van der Waals surface area contributed by atoms with E-state index >= 15 is 0 Å². The van der Waals surface area contributed by atoms with Gasteiger partial charge in [-0.15, -0.1) is 23.1 Å². The van der Waals surface area contributed by atoms with E-state index in [4.69, 9.17) is 37.4 Å². The van der Waals surface area contributed by atoms with Crippen LogP contribution in [0.5, 0.6) is 17.2 Å². The third-order valence-corrected chi connectivity index (χ3v) is 9.28. The monoisotopic (exact) mass is 748 g/mol. The van der Waals surface area contributed by atoms with Crippen molar-refractivity contribution in [1.29, 1.82) is 0 Å². The van der Waals surface area contributed by atoms with Gasteiger partial charge in [-0.3, -0.25) is 14.4 Å². The van der Waals surface area contributed by atoms with E-state index in [9.17, 15) is 14.4 Å². The molecule has 5 aromatic rings. The highest BCUT2D eigenvalue weighted by atomic mass is 35.5. The van der Waals surface area contributed by atoms with Crippen molar-refractivity contribution in [2.24, 2.45) is 0 Å². The number of carbonyl (C=O) groups excluding carboxylic acids is 3. The van der Waals surface area contributed by atoms with Crippen LogP contribution in [-0.4, -0.2) is 49.8 Å². The van der Waals surface area contributed by atoms with Crippen LogP contribution < -0.4 is 30.2 Å². The number of ether oxygens (including phenoxy) is 3. The summed E-state index contributed by atoms with van der Waals surface area (Å²) in [7, 11) is 4.47. The lowest BCUT2D eigenvalue weighted by atomic mass is 10.1. The Morgan fingerprint density at radius 1 is 0.840 bits per heavy atom. The molecular formula is C36H30Cl2N4O6S2. The lowest BCUT2D eigenvalue weighted by Gasteiger charge is -2.15. The first kappa shape index (κ1) is 36.3. The second-order valence-electron chi connectivity index (χ2n) is 10.3. The normalized spacial score (nSPS) is 11.0. The van der Waals surface area contributed by atoms with Gasteiger partial charge in [0.2, 0.25) is 5.91 Å². The number of nitrogens with one attached hydrogen (secondary N) is 3. The number of halogens is 2. The molecule has 50 heavy (non-hydrogen) atoms. The Labute approximate surface area is 306 Å². The number of benzene rings is 4. The first-order valence-electron chi connectivity index (χ1n) is 14.8. The van der Waals surface area contributed by atoms with Crippen molar-refractivity contribution < 1.29 is 28.6 Å². The number of thiazole rings is 1. The molecule has 10 nitrogen and oxygen atoms in total. The molecule has 3 N–H and O–H groups in total. The zero-order valence-corrected chi connectivity index (χ0v) is 30.1. The molecule has 0 aliphatic heterocycles. The second-order valence-corrected chi connectivity index (χ2v) is 13.1. The van der Waals surface area contributed by atoms with Crippen molar-refractivity contribution in [3.63, 3.8) is 0 Å². The molecule has 5 rings (SSSR count). The molecule has 1 aromatic heterocycles. The van der Waals surface area contributed by atoms with Crippen LogP contribution in [0.4, 0.5) is 10.8 Å². The quantitative estimate of drug-likeness (QED) is 0.0811. The van der Waals surface area contributed by atoms with Crippen molar-refractivity contribution >= 4 is 80.9 Å². The highest BCUT2D eigenvalue weighted by molar-refractivity contribution is 8.00. The Bertz CT molecular complexity index is 2060. The van der Waals surface area contributed by atoms with Crippen LogP contribution in [0.2, 0.25) is 10.0 Å². The molecule has 0 aliphatic carbocycles. The van der Waals surface area contributed by atoms with Crippen LogP contribution in [0.25, 0.3) is 17.3 Å². The SMILES string of the molecule is COc1cc(OC)c(OC)cc1/C=C(/NC(=O)c1ccccc1)C(=O)Nc1cccc(SCC(=O)Nc2nc(-c3ccc(Cl)cc3Cl)cs2)c1. The van der Waals surface area contributed by atoms with E-state index in [1.807, 2.05) is 6.07 Å². The molecule has 14 heteroatoms. The summed E-state index contributed by atoms with van der Waals surface area (Å²) in [5.41, 5.74) is 2.56. The molecule has 0 atom stereocenters. The fourth-order valence-corrected chi connectivity index (χ4v) is 6.57. The Hall–Kier alpha value is -5.01. The number of methoxy groups -OCH3 is 3. The fraction of sp³-hybridized carbons (Fsp3) is 0.111. The molecule has 1 heterocycles. The van der Waals surface area contributed by atoms with Gasteiger partial charge in [0.15, 0.2) is 16.6 Å². The molecule has 256 valence electrons. The van der Waals surface area contributed by atoms with Crippen LogP contribution >= 0.6 is 46.3 Å². The van der Waals surface area contributed by atoms with Crippen molar-refractivity contribution in [3.8, 4) is 28.5 Å². The first-order chi connectivity index (χ1) is 24.2. The van der Waals surface area contributed by atoms with Crippen LogP contribution in [0.1, 0.15) is 15.9 Å². The van der Waals surface area contributed by atoms with Gasteiger partial charge < -0.3 is 30.2 Å². The highest BCUT2D eigenvalue weighted by Gasteiger charge is 2.19. The topological polar surface area (TPSA) is 128 Å². The average Bonchev–Trinajstić information content (AvgIpc) is 3.58. The van der Waals surface area contributed by atoms with Gasteiger partial charge in [-0.2, -0.15) is 0 Å². The highest BCUT2D eigenvalue weighted by Crippen LogP contribution is 2.36. The van der Waals surface area contributed by atoms with Gasteiger partial charge in [-0.25, -0.2) is 4.98 Å². The Morgan fingerprint density at radius 2 is 1.58 bits per heavy atom. The standard InChI is InChI=1S/C36H30Cl2N4O6S2/c1-46-30-18-32(48-3)31(47-2)15-22(30)14-28(40-34(44)21-8-5-4-6-9-21)35(45)39-24-10-7-11-25(17-24)49-20-33(43)42-36-41-29(19-50-36)26-13-12-23(37)16-27(26)38/h4-19H,20H2,1-3H3,(H,39,45)(H,40,44)(H,41,42,43)/b28-14+. The van der Waals surface area contributed by atoms with E-state index in [0.29, 0.717) is 60.5 Å². The number of hydrogen-bond acceptors (Lipinski definition) is 9. The van der Waals surface area contributed by atoms with Gasteiger partial charge in [-0.1, -0.05) is 47.5 Å². The molecular weight excluding hydrogens is 719 g/mol. The number of thioether (sulfide) groups is 1. The maximum Gasteiger partial charge on any atom is 0.272 e. The molecule has 0 saturated carbocycles. The Kier molecular flexibility index (Phi) is 12.4. The van der Waals surface area contributed by atoms with E-state index in [2.05, 4.69) is 20.9 Å². The molecule has 0 saturated heterocycles. The van der Waals surface area contributed by atoms with E-state index in [-0.39, 0.29) is 17.4 Å². The van der Waals surface area contributed by atoms with E-state index < -0.39 is 11.8 Å². The molecule has 4 aromatic carbocycles. The number of rotatable bonds is 13. The van der Waals surface area contributed by atoms with Crippen LogP contribution in [0, 0.1) is 0 Å². The zero-order valence-electron chi connectivity index (χ0n) is 26.9. The number of hydrogen-bond donors (Lipinski definition) is 3. The van der Waals surface area contributed by atoms with Gasteiger partial charge in [0.05, 0.1) is 37.8 Å². The van der Waals surface area contributed by atoms with Gasteiger partial charge in [0.1, 0.15) is 11.4 Å². The largest absolute Gasteiger partial charge is 0.496 e. The molecule has 3 amide bonds. The summed E-state index contributed by atoms with van der Waals surface area (Å²) < 4.78 is 16.3. The molecule has 0 radical (unpaired) electrons. The first-order valence-corrected chi connectivity index (χ1v) is 17.4. The Morgan fingerprint density at radius 3 is 2.30 bits per heavy atom. The third-order valence-electron chi connectivity index (χ3n) is 6.98. The van der Waals surface area contributed by atoms with E-state index in [0.717, 1.165) is 4.90 Å². The number of aromatic nitrogens is 1. The predicted octanol–water partition coefficient (Wildman–Crippen LogP) is 8.28. The number of nitrogens with zero attached hydrogens (tertiary/aromatic N) is 1. The summed E-state index contributed by atoms with van der Waals surface area (Å²) in [4.78, 5) is 44.8. The van der Waals surface area contributed by atoms with Gasteiger partial charge in [-0.05, 0) is 60.7 Å². The van der Waals surface area contributed by atoms with Gasteiger partial charge in [0, 0.05) is 43.7 Å². The van der Waals surface area contributed by atoms with Crippen molar-refractivity contribution in [2.45, 2.75) is 4.90 Å². The molecule has 0 unspecified atom stereocenters. The van der Waals surface area contributed by atoms with Crippen molar-refractivity contribution in [1.82, 2.24) is 10.3 Å². The fourth-order valence-electron chi connectivity index (χ4n) is 4.58. The second kappa shape index (κ2) is 17.1. The lowest BCUT2D eigenvalue weighted by Crippen LogP contribution is -2.30. The van der Waals surface area contributed by atoms with Crippen LogP contribution in [-0.2, 0) is 9.59 Å². The zero-order chi connectivity index (χ0) is 35.6. The predicted molar refractivity (Wildman–Crippen MR) is 200 cm³/mol. The number of carbonyl (C=O) groups is 3. The smallest absolute Gasteiger partial charge is 0.272 e. The molecule has 0 fully saturated rings. The summed E-state index contributed by atoms with van der Waals surface area (Å²) in [5, 5.41) is 11.6. The summed E-state index contributed by atoms with van der Waals surface area (Å²) in [6.07, 6.45) is 1.49. The van der Waals surface area contributed by atoms with E-state index in [1.165, 1.54) is 50.5 Å². The van der Waals surface area contributed by atoms with Crippen LogP contribution in [0.15, 0.2) is 101 Å². The third kappa shape index (κ3) is 9.36. The summed E-state index contributed by atoms with van der Waals surface area (Å²) in [5.74, 6) is -0.0131. The number of anilines is 2. The van der Waals surface area contributed by atoms with Gasteiger partial charge >= 0.3 is 0 Å². The maximum atomic E-state index is 13.7. The summed E-state index contributed by atoms with van der Waals surface area (Å²) in [6.45, 7) is 0. The van der Waals surface area contributed by atoms with Crippen molar-refractivity contribution in [3.05, 3.63) is 117 Å².